The van der Waals surface area contributed by atoms with Crippen LogP contribution < -0.4 is 0 Å². The fraction of sp³-hybridized carbons (Fsp3) is 0.714. The van der Waals surface area contributed by atoms with Gasteiger partial charge < -0.3 is 4.74 Å². The van der Waals surface area contributed by atoms with E-state index in [1.54, 1.807) is 4.68 Å². The zero-order valence-corrected chi connectivity index (χ0v) is 13.8. The second kappa shape index (κ2) is 7.80. The number of Topliss-reactive ketones (excluding diaryl/α,β-unsaturated/α-hetero) is 1. The normalized spacial score (nSPS) is 12.7. The third kappa shape index (κ3) is 4.14. The molecule has 0 aliphatic carbocycles. The molecular weight excluding hydrogens is 308 g/mol. The maximum atomic E-state index is 12.3. The van der Waals surface area contributed by atoms with Crippen LogP contribution in [0.25, 0.3) is 0 Å². The zero-order chi connectivity index (χ0) is 14.4. The van der Waals surface area contributed by atoms with Gasteiger partial charge in [-0.3, -0.25) is 9.48 Å². The summed E-state index contributed by atoms with van der Waals surface area (Å²) in [6.45, 7) is 6.61. The summed E-state index contributed by atoms with van der Waals surface area (Å²) in [6, 6.07) is 0. The summed E-state index contributed by atoms with van der Waals surface area (Å²) in [5.41, 5.74) is 1.93. The first-order valence-electron chi connectivity index (χ1n) is 6.89. The number of hydrogen-bond donors (Lipinski definition) is 0. The summed E-state index contributed by atoms with van der Waals surface area (Å²) in [6.07, 6.45) is 2.66. The first-order chi connectivity index (χ1) is 9.04. The standard InChI is InChI=1S/C14H23BrN2O2/c1-5-8-13(19-7-3)12(18)9-11-14(15)10(6-2)16-17(11)4/h13H,5-9H2,1-4H3. The Hall–Kier alpha value is -0.680. The molecule has 0 spiro atoms. The van der Waals surface area contributed by atoms with Crippen molar-refractivity contribution in [1.82, 2.24) is 9.78 Å². The molecule has 1 aromatic rings. The molecule has 19 heavy (non-hydrogen) atoms. The third-order valence-electron chi connectivity index (χ3n) is 3.12. The van der Waals surface area contributed by atoms with Crippen LogP contribution in [-0.2, 0) is 29.4 Å². The molecule has 0 aromatic carbocycles. The summed E-state index contributed by atoms with van der Waals surface area (Å²) in [5, 5.41) is 4.41. The Balaban J connectivity index is 2.83. The van der Waals surface area contributed by atoms with Crippen LogP contribution in [0.4, 0.5) is 0 Å². The first kappa shape index (κ1) is 16.4. The molecule has 1 aromatic heterocycles. The molecule has 108 valence electrons. The van der Waals surface area contributed by atoms with E-state index in [0.29, 0.717) is 13.0 Å². The number of aromatic nitrogens is 2. The van der Waals surface area contributed by atoms with Crippen molar-refractivity contribution in [3.8, 4) is 0 Å². The Bertz CT molecular complexity index is 423. The second-order valence-electron chi connectivity index (χ2n) is 4.56. The van der Waals surface area contributed by atoms with Crippen molar-refractivity contribution in [3.05, 3.63) is 15.9 Å². The predicted molar refractivity (Wildman–Crippen MR) is 79.3 cm³/mol. The Morgan fingerprint density at radius 1 is 1.42 bits per heavy atom. The second-order valence-corrected chi connectivity index (χ2v) is 5.35. The number of hydrogen-bond acceptors (Lipinski definition) is 3. The van der Waals surface area contributed by atoms with Gasteiger partial charge in [0, 0.05) is 13.7 Å². The first-order valence-corrected chi connectivity index (χ1v) is 7.68. The summed E-state index contributed by atoms with van der Waals surface area (Å²) in [7, 11) is 1.88. The van der Waals surface area contributed by atoms with E-state index in [9.17, 15) is 4.79 Å². The topological polar surface area (TPSA) is 44.1 Å². The average Bonchev–Trinajstić information content (AvgIpc) is 2.65. The number of carbonyl (C=O) groups excluding carboxylic acids is 1. The van der Waals surface area contributed by atoms with Gasteiger partial charge in [0.15, 0.2) is 5.78 Å². The number of ether oxygens (including phenoxy) is 1. The van der Waals surface area contributed by atoms with Gasteiger partial charge in [0.1, 0.15) is 6.10 Å². The Labute approximate surface area is 123 Å². The molecule has 1 unspecified atom stereocenters. The van der Waals surface area contributed by atoms with Crippen LogP contribution in [0.15, 0.2) is 4.47 Å². The average molecular weight is 331 g/mol. The minimum atomic E-state index is -0.290. The lowest BCUT2D eigenvalue weighted by Crippen LogP contribution is -2.26. The van der Waals surface area contributed by atoms with Gasteiger partial charge in [-0.15, -0.1) is 0 Å². The zero-order valence-electron chi connectivity index (χ0n) is 12.2. The van der Waals surface area contributed by atoms with E-state index in [4.69, 9.17) is 4.74 Å². The van der Waals surface area contributed by atoms with Crippen LogP contribution in [0.3, 0.4) is 0 Å². The van der Waals surface area contributed by atoms with Crippen molar-refractivity contribution < 1.29 is 9.53 Å². The van der Waals surface area contributed by atoms with Crippen molar-refractivity contribution in [2.75, 3.05) is 6.61 Å². The highest BCUT2D eigenvalue weighted by atomic mass is 79.9. The summed E-state index contributed by atoms with van der Waals surface area (Å²) >= 11 is 3.54. The Kier molecular flexibility index (Phi) is 6.72. The number of aryl methyl sites for hydroxylation is 2. The van der Waals surface area contributed by atoms with E-state index in [1.807, 2.05) is 14.0 Å². The van der Waals surface area contributed by atoms with Crippen LogP contribution in [0.5, 0.6) is 0 Å². The molecule has 0 bridgehead atoms. The lowest BCUT2D eigenvalue weighted by atomic mass is 10.1. The summed E-state index contributed by atoms with van der Waals surface area (Å²) in [4.78, 5) is 12.3. The summed E-state index contributed by atoms with van der Waals surface area (Å²) < 4.78 is 8.28. The lowest BCUT2D eigenvalue weighted by Gasteiger charge is -2.15. The molecule has 0 saturated carbocycles. The molecule has 0 aliphatic heterocycles. The van der Waals surface area contributed by atoms with Crippen LogP contribution in [0.2, 0.25) is 0 Å². The quantitative estimate of drug-likeness (QED) is 0.735. The van der Waals surface area contributed by atoms with Crippen molar-refractivity contribution in [1.29, 1.82) is 0 Å². The van der Waals surface area contributed by atoms with Crippen LogP contribution in [0, 0.1) is 0 Å². The van der Waals surface area contributed by atoms with Gasteiger partial charge in [-0.1, -0.05) is 20.3 Å². The predicted octanol–water partition coefficient (Wildman–Crippen LogP) is 3.06. The lowest BCUT2D eigenvalue weighted by molar-refractivity contribution is -0.130. The molecular formula is C14H23BrN2O2. The highest BCUT2D eigenvalue weighted by molar-refractivity contribution is 9.10. The van der Waals surface area contributed by atoms with Crippen LogP contribution >= 0.6 is 15.9 Å². The van der Waals surface area contributed by atoms with E-state index in [-0.39, 0.29) is 11.9 Å². The van der Waals surface area contributed by atoms with Crippen LogP contribution in [0.1, 0.15) is 45.0 Å². The third-order valence-corrected chi connectivity index (χ3v) is 4.04. The van der Waals surface area contributed by atoms with Gasteiger partial charge in [0.2, 0.25) is 0 Å². The van der Waals surface area contributed by atoms with E-state index >= 15 is 0 Å². The monoisotopic (exact) mass is 330 g/mol. The number of rotatable bonds is 8. The fourth-order valence-electron chi connectivity index (χ4n) is 2.09. The molecule has 0 radical (unpaired) electrons. The van der Waals surface area contributed by atoms with E-state index < -0.39 is 0 Å². The Morgan fingerprint density at radius 3 is 2.58 bits per heavy atom. The molecule has 0 N–H and O–H groups in total. The molecule has 1 heterocycles. The minimum absolute atomic E-state index is 0.134. The van der Waals surface area contributed by atoms with Gasteiger partial charge in [0.25, 0.3) is 0 Å². The van der Waals surface area contributed by atoms with Gasteiger partial charge >= 0.3 is 0 Å². The minimum Gasteiger partial charge on any atom is -0.371 e. The van der Waals surface area contributed by atoms with Crippen LogP contribution in [-0.4, -0.2) is 28.3 Å². The number of carbonyl (C=O) groups is 1. The number of nitrogens with zero attached hydrogens (tertiary/aromatic N) is 2. The van der Waals surface area contributed by atoms with Gasteiger partial charge in [-0.2, -0.15) is 5.10 Å². The van der Waals surface area contributed by atoms with Gasteiger partial charge in [-0.05, 0) is 35.7 Å². The van der Waals surface area contributed by atoms with E-state index in [2.05, 4.69) is 34.9 Å². The highest BCUT2D eigenvalue weighted by Gasteiger charge is 2.22. The molecule has 4 nitrogen and oxygen atoms in total. The molecule has 1 rings (SSSR count). The number of ketones is 1. The summed E-state index contributed by atoms with van der Waals surface area (Å²) in [5.74, 6) is 0.134. The van der Waals surface area contributed by atoms with Crippen molar-refractivity contribution >= 4 is 21.7 Å². The smallest absolute Gasteiger partial charge is 0.167 e. The van der Waals surface area contributed by atoms with E-state index in [1.165, 1.54) is 0 Å². The maximum absolute atomic E-state index is 12.3. The van der Waals surface area contributed by atoms with Gasteiger partial charge in [0.05, 0.1) is 22.3 Å². The molecule has 0 amide bonds. The SMILES string of the molecule is CCCC(OCC)C(=O)Cc1c(Br)c(CC)nn1C. The molecule has 0 fully saturated rings. The fourth-order valence-corrected chi connectivity index (χ4v) is 2.85. The largest absolute Gasteiger partial charge is 0.371 e. The molecule has 5 heteroatoms. The Morgan fingerprint density at radius 2 is 2.11 bits per heavy atom. The van der Waals surface area contributed by atoms with E-state index in [0.717, 1.165) is 35.1 Å². The maximum Gasteiger partial charge on any atom is 0.167 e. The van der Waals surface area contributed by atoms with Crippen molar-refractivity contribution in [2.24, 2.45) is 7.05 Å². The molecule has 0 aliphatic rings. The molecule has 0 saturated heterocycles. The number of halogens is 1. The van der Waals surface area contributed by atoms with Crippen molar-refractivity contribution in [2.45, 2.75) is 52.6 Å². The van der Waals surface area contributed by atoms with Crippen molar-refractivity contribution in [3.63, 3.8) is 0 Å². The van der Waals surface area contributed by atoms with Gasteiger partial charge in [-0.25, -0.2) is 0 Å². The molecule has 1 atom stereocenters. The highest BCUT2D eigenvalue weighted by Crippen LogP contribution is 2.23.